The Morgan fingerprint density at radius 2 is 1.78 bits per heavy atom. The number of hydrogen-bond acceptors (Lipinski definition) is 7. The van der Waals surface area contributed by atoms with Crippen LogP contribution in [0.25, 0.3) is 11.0 Å². The van der Waals surface area contributed by atoms with E-state index in [0.29, 0.717) is 29.4 Å². The summed E-state index contributed by atoms with van der Waals surface area (Å²) in [7, 11) is 2.35. The number of imidazole rings is 1. The van der Waals surface area contributed by atoms with Crippen molar-refractivity contribution in [3.05, 3.63) is 47.0 Å². The highest BCUT2D eigenvalue weighted by Gasteiger charge is 2.27. The Bertz CT molecular complexity index is 1390. The number of amides is 2. The number of methoxy groups -OCH3 is 1. The number of sulfonamides is 1. The van der Waals surface area contributed by atoms with Gasteiger partial charge in [0, 0.05) is 27.7 Å². The molecule has 1 aromatic heterocycles. The highest BCUT2D eigenvalue weighted by Crippen LogP contribution is 2.27. The first-order valence-corrected chi connectivity index (χ1v) is 12.6. The van der Waals surface area contributed by atoms with E-state index in [0.717, 1.165) is 20.9 Å². The van der Waals surface area contributed by atoms with E-state index in [1.807, 2.05) is 25.2 Å². The zero-order chi connectivity index (χ0) is 26.8. The van der Waals surface area contributed by atoms with Crippen molar-refractivity contribution in [3.63, 3.8) is 0 Å². The number of nitrogens with one attached hydrogen (secondary N) is 1. The Morgan fingerprint density at radius 3 is 2.39 bits per heavy atom. The van der Waals surface area contributed by atoms with Crippen LogP contribution in [-0.2, 0) is 33.2 Å². The maximum absolute atomic E-state index is 13.1. The lowest BCUT2D eigenvalue weighted by molar-refractivity contribution is -0.132. The molecule has 0 saturated heterocycles. The van der Waals surface area contributed by atoms with Crippen molar-refractivity contribution < 1.29 is 22.7 Å². The summed E-state index contributed by atoms with van der Waals surface area (Å²) >= 11 is 0. The lowest BCUT2D eigenvalue weighted by Gasteiger charge is -2.21. The predicted octanol–water partition coefficient (Wildman–Crippen LogP) is 1.18. The second-order valence-electron chi connectivity index (χ2n) is 8.73. The van der Waals surface area contributed by atoms with Gasteiger partial charge in [0.05, 0.1) is 36.1 Å². The summed E-state index contributed by atoms with van der Waals surface area (Å²) in [6, 6.07) is 8.88. The molecule has 2 amide bonds. The molecule has 0 aliphatic heterocycles. The summed E-state index contributed by atoms with van der Waals surface area (Å²) in [4.78, 5) is 30.9. The Balaban J connectivity index is 1.58. The lowest BCUT2D eigenvalue weighted by Crippen LogP contribution is -2.43. The van der Waals surface area contributed by atoms with Crippen molar-refractivity contribution in [2.75, 3.05) is 40.0 Å². The second-order valence-corrected chi connectivity index (χ2v) is 10.7. The highest BCUT2D eigenvalue weighted by atomic mass is 32.2. The highest BCUT2D eigenvalue weighted by molar-refractivity contribution is 7.89. The number of nitrogens with zero attached hydrogens (tertiary/aromatic N) is 4. The zero-order valence-corrected chi connectivity index (χ0v) is 22.1. The van der Waals surface area contributed by atoms with E-state index in [4.69, 9.17) is 10.5 Å². The van der Waals surface area contributed by atoms with Crippen LogP contribution in [-0.4, -0.2) is 73.3 Å². The third-order valence-electron chi connectivity index (χ3n) is 5.97. The molecule has 0 radical (unpaired) electrons. The van der Waals surface area contributed by atoms with Crippen LogP contribution in [0.4, 0.5) is 5.95 Å². The molecule has 2 aromatic carbocycles. The van der Waals surface area contributed by atoms with Crippen molar-refractivity contribution in [1.82, 2.24) is 24.1 Å². The van der Waals surface area contributed by atoms with E-state index in [1.165, 1.54) is 19.1 Å². The van der Waals surface area contributed by atoms with Crippen molar-refractivity contribution in [1.29, 1.82) is 0 Å². The predicted molar refractivity (Wildman–Crippen MR) is 137 cm³/mol. The molecule has 0 unspecified atom stereocenters. The van der Waals surface area contributed by atoms with Gasteiger partial charge < -0.3 is 25.3 Å². The van der Waals surface area contributed by atoms with E-state index in [-0.39, 0.29) is 17.3 Å². The zero-order valence-electron chi connectivity index (χ0n) is 21.3. The van der Waals surface area contributed by atoms with Gasteiger partial charge in [-0.05, 0) is 54.8 Å². The molecule has 1 heterocycles. The fourth-order valence-corrected chi connectivity index (χ4v) is 5.50. The number of nitrogen functional groups attached to an aromatic ring is 1. The minimum atomic E-state index is -3.93. The van der Waals surface area contributed by atoms with Crippen molar-refractivity contribution in [2.24, 2.45) is 7.05 Å². The molecule has 0 bridgehead atoms. The van der Waals surface area contributed by atoms with Crippen LogP contribution in [0.5, 0.6) is 5.75 Å². The summed E-state index contributed by atoms with van der Waals surface area (Å²) in [5.41, 5.74) is 9.35. The van der Waals surface area contributed by atoms with Crippen LogP contribution in [0.15, 0.2) is 35.2 Å². The van der Waals surface area contributed by atoms with Crippen LogP contribution in [0.1, 0.15) is 16.7 Å². The van der Waals surface area contributed by atoms with Crippen LogP contribution in [0.3, 0.4) is 0 Å². The number of fused-ring (bicyclic) bond motifs is 1. The third kappa shape index (κ3) is 5.60. The Kier molecular flexibility index (Phi) is 7.89. The van der Waals surface area contributed by atoms with Gasteiger partial charge >= 0.3 is 0 Å². The molecule has 0 aliphatic rings. The first kappa shape index (κ1) is 27.0. The normalized spacial score (nSPS) is 11.6. The number of rotatable bonds is 9. The molecule has 12 heteroatoms. The van der Waals surface area contributed by atoms with E-state index in [1.54, 1.807) is 37.6 Å². The summed E-state index contributed by atoms with van der Waals surface area (Å²) in [6.45, 7) is 2.97. The van der Waals surface area contributed by atoms with Gasteiger partial charge in [0.15, 0.2) is 0 Å². The van der Waals surface area contributed by atoms with Gasteiger partial charge in [-0.25, -0.2) is 13.4 Å². The molecule has 36 heavy (non-hydrogen) atoms. The van der Waals surface area contributed by atoms with Crippen molar-refractivity contribution in [3.8, 4) is 5.75 Å². The second kappa shape index (κ2) is 10.5. The first-order chi connectivity index (χ1) is 16.8. The van der Waals surface area contributed by atoms with Gasteiger partial charge in [-0.1, -0.05) is 6.07 Å². The van der Waals surface area contributed by atoms with E-state index in [9.17, 15) is 18.0 Å². The van der Waals surface area contributed by atoms with Crippen molar-refractivity contribution >= 4 is 38.8 Å². The van der Waals surface area contributed by atoms with Crippen LogP contribution in [0.2, 0.25) is 0 Å². The summed E-state index contributed by atoms with van der Waals surface area (Å²) < 4.78 is 34.1. The van der Waals surface area contributed by atoms with Gasteiger partial charge in [-0.3, -0.25) is 9.59 Å². The average Bonchev–Trinajstić information content (AvgIpc) is 3.09. The Labute approximate surface area is 210 Å². The maximum atomic E-state index is 13.1. The molecule has 0 fully saturated rings. The number of hydrogen-bond donors (Lipinski definition) is 2. The van der Waals surface area contributed by atoms with Gasteiger partial charge in [-0.2, -0.15) is 4.31 Å². The van der Waals surface area contributed by atoms with Crippen LogP contribution in [0, 0.1) is 13.8 Å². The first-order valence-electron chi connectivity index (χ1n) is 11.2. The van der Waals surface area contributed by atoms with Gasteiger partial charge in [0.25, 0.3) is 0 Å². The molecule has 0 aliphatic carbocycles. The largest absolute Gasteiger partial charge is 0.497 e. The molecule has 194 valence electrons. The minimum Gasteiger partial charge on any atom is -0.497 e. The standard InChI is InChI=1S/C24H32N6O5S/c1-15-9-18(35-6)10-16(2)23(15)36(33,34)29(4)14-21(31)26-12-22(32)28(3)13-17-7-8-20-19(11-17)27-24(25)30(20)5/h7-11H,12-14H2,1-6H3,(H2,25,27)(H,26,31). The van der Waals surface area contributed by atoms with Gasteiger partial charge in [-0.15, -0.1) is 0 Å². The number of ether oxygens (including phenoxy) is 1. The SMILES string of the molecule is COc1cc(C)c(S(=O)(=O)N(C)CC(=O)NCC(=O)N(C)Cc2ccc3c(c2)nc(N)n3C)c(C)c1. The van der Waals surface area contributed by atoms with Crippen LogP contribution < -0.4 is 15.8 Å². The molecule has 0 saturated carbocycles. The minimum absolute atomic E-state index is 0.126. The number of benzene rings is 2. The number of anilines is 1. The molecular weight excluding hydrogens is 484 g/mol. The molecule has 3 N–H and O–H groups in total. The van der Waals surface area contributed by atoms with Crippen LogP contribution >= 0.6 is 0 Å². The van der Waals surface area contributed by atoms with Gasteiger partial charge in [0.2, 0.25) is 27.8 Å². The molecule has 0 spiro atoms. The topological polar surface area (TPSA) is 140 Å². The third-order valence-corrected chi connectivity index (χ3v) is 8.08. The average molecular weight is 517 g/mol. The van der Waals surface area contributed by atoms with E-state index < -0.39 is 22.5 Å². The quantitative estimate of drug-likeness (QED) is 0.435. The number of carbonyl (C=O) groups excluding carboxylic acids is 2. The maximum Gasteiger partial charge on any atom is 0.243 e. The number of nitrogens with two attached hydrogens (primary N) is 1. The fraction of sp³-hybridized carbons (Fsp3) is 0.375. The fourth-order valence-electron chi connectivity index (χ4n) is 3.97. The monoisotopic (exact) mass is 516 g/mol. The molecular formula is C24H32N6O5S. The summed E-state index contributed by atoms with van der Waals surface area (Å²) in [6.07, 6.45) is 0. The van der Waals surface area contributed by atoms with E-state index in [2.05, 4.69) is 10.3 Å². The molecule has 3 rings (SSSR count). The molecule has 3 aromatic rings. The summed E-state index contributed by atoms with van der Waals surface area (Å²) in [5.74, 6) is 0.0445. The van der Waals surface area contributed by atoms with E-state index >= 15 is 0 Å². The summed E-state index contributed by atoms with van der Waals surface area (Å²) in [5, 5.41) is 2.50. The number of carbonyl (C=O) groups is 2. The smallest absolute Gasteiger partial charge is 0.243 e. The number of aryl methyl sites for hydroxylation is 3. The Hall–Kier alpha value is -3.64. The number of aromatic nitrogens is 2. The molecule has 11 nitrogen and oxygen atoms in total. The Morgan fingerprint density at radius 1 is 1.14 bits per heavy atom. The van der Waals surface area contributed by atoms with Crippen molar-refractivity contribution in [2.45, 2.75) is 25.3 Å². The lowest BCUT2D eigenvalue weighted by atomic mass is 10.1. The molecule has 0 atom stereocenters. The number of likely N-dealkylation sites (N-methyl/N-ethyl adjacent to an activating group) is 2. The van der Waals surface area contributed by atoms with Gasteiger partial charge in [0.1, 0.15) is 5.75 Å².